The third-order valence-corrected chi connectivity index (χ3v) is 6.01. The van der Waals surface area contributed by atoms with Gasteiger partial charge in [0.1, 0.15) is 0 Å². The van der Waals surface area contributed by atoms with Gasteiger partial charge in [-0.2, -0.15) is 0 Å². The van der Waals surface area contributed by atoms with Gasteiger partial charge in [0.05, 0.1) is 29.3 Å². The Labute approximate surface area is 146 Å². The molecule has 8 nitrogen and oxygen atoms in total. The third-order valence-electron chi connectivity index (χ3n) is 3.42. The summed E-state index contributed by atoms with van der Waals surface area (Å²) in [6.45, 7) is 5.10. The fraction of sp³-hybridized carbons (Fsp3) is 0.786. The summed E-state index contributed by atoms with van der Waals surface area (Å²) in [5, 5.41) is 10.8. The van der Waals surface area contributed by atoms with Crippen molar-refractivity contribution >= 4 is 27.5 Å². The predicted octanol–water partition coefficient (Wildman–Crippen LogP) is 0.995. The van der Waals surface area contributed by atoms with E-state index in [9.17, 15) is 13.2 Å². The van der Waals surface area contributed by atoms with Crippen LogP contribution >= 0.6 is 11.8 Å². The fourth-order valence-corrected chi connectivity index (χ4v) is 4.56. The quantitative estimate of drug-likeness (QED) is 0.501. The Kier molecular flexibility index (Phi) is 7.05. The van der Waals surface area contributed by atoms with Crippen LogP contribution in [-0.4, -0.2) is 61.0 Å². The molecule has 1 N–H and O–H groups in total. The van der Waals surface area contributed by atoms with E-state index in [0.29, 0.717) is 25.5 Å². The number of nitrogens with one attached hydrogen (secondary N) is 1. The first kappa shape index (κ1) is 19.2. The molecule has 1 atom stereocenters. The minimum absolute atomic E-state index is 0.0538. The van der Waals surface area contributed by atoms with Gasteiger partial charge < -0.3 is 14.5 Å². The summed E-state index contributed by atoms with van der Waals surface area (Å²) in [5.74, 6) is 0.378. The average Bonchev–Trinajstić information content (AvgIpc) is 3.10. The first-order valence-corrected chi connectivity index (χ1v) is 10.7. The van der Waals surface area contributed by atoms with Crippen LogP contribution in [0.3, 0.4) is 0 Å². The van der Waals surface area contributed by atoms with E-state index >= 15 is 0 Å². The summed E-state index contributed by atoms with van der Waals surface area (Å²) in [7, 11) is -2.99. The molecule has 0 saturated carbocycles. The largest absolute Gasteiger partial charge is 0.416 e. The number of rotatable bonds is 9. The molecule has 0 unspecified atom stereocenters. The third kappa shape index (κ3) is 6.40. The van der Waals surface area contributed by atoms with Crippen LogP contribution < -0.4 is 5.32 Å². The zero-order valence-electron chi connectivity index (χ0n) is 13.9. The fourth-order valence-electron chi connectivity index (χ4n) is 2.23. The van der Waals surface area contributed by atoms with Crippen molar-refractivity contribution in [3.8, 4) is 0 Å². The Morgan fingerprint density at radius 1 is 1.46 bits per heavy atom. The van der Waals surface area contributed by atoms with Crippen LogP contribution in [-0.2, 0) is 19.4 Å². The molecule has 24 heavy (non-hydrogen) atoms. The SMILES string of the molecule is CC(C)OCCCNC(=O)CSc1nnc([C@H]2CCS(=O)(=O)C2)o1. The molecule has 136 valence electrons. The Balaban J connectivity index is 1.67. The van der Waals surface area contributed by atoms with Crippen LogP contribution in [0.15, 0.2) is 9.64 Å². The van der Waals surface area contributed by atoms with Gasteiger partial charge in [-0.15, -0.1) is 10.2 Å². The first-order chi connectivity index (χ1) is 11.4. The van der Waals surface area contributed by atoms with Crippen LogP contribution in [0.2, 0.25) is 0 Å². The van der Waals surface area contributed by atoms with Crippen LogP contribution in [0.25, 0.3) is 0 Å². The van der Waals surface area contributed by atoms with Crippen molar-refractivity contribution in [1.82, 2.24) is 15.5 Å². The predicted molar refractivity (Wildman–Crippen MR) is 89.7 cm³/mol. The lowest BCUT2D eigenvalue weighted by atomic mass is 10.1. The van der Waals surface area contributed by atoms with Gasteiger partial charge >= 0.3 is 0 Å². The van der Waals surface area contributed by atoms with Gasteiger partial charge in [0.2, 0.25) is 11.8 Å². The molecule has 1 fully saturated rings. The van der Waals surface area contributed by atoms with E-state index in [4.69, 9.17) is 9.15 Å². The molecule has 2 heterocycles. The molecule has 1 aromatic heterocycles. The normalized spacial score (nSPS) is 19.7. The number of aromatic nitrogens is 2. The highest BCUT2D eigenvalue weighted by molar-refractivity contribution is 7.99. The van der Waals surface area contributed by atoms with Crippen molar-refractivity contribution in [3.05, 3.63) is 5.89 Å². The van der Waals surface area contributed by atoms with Crippen molar-refractivity contribution in [1.29, 1.82) is 0 Å². The van der Waals surface area contributed by atoms with Crippen LogP contribution in [0.1, 0.15) is 38.5 Å². The summed E-state index contributed by atoms with van der Waals surface area (Å²) >= 11 is 1.14. The summed E-state index contributed by atoms with van der Waals surface area (Å²) in [4.78, 5) is 11.7. The van der Waals surface area contributed by atoms with Crippen molar-refractivity contribution in [2.75, 3.05) is 30.4 Å². The lowest BCUT2D eigenvalue weighted by Crippen LogP contribution is -2.27. The molecule has 1 aromatic rings. The Hall–Kier alpha value is -1.13. The number of carbonyl (C=O) groups is 1. The second-order valence-corrected chi connectivity index (χ2v) is 9.07. The molecule has 2 rings (SSSR count). The molecule has 0 aromatic carbocycles. The minimum atomic E-state index is -2.99. The summed E-state index contributed by atoms with van der Waals surface area (Å²) in [5.41, 5.74) is 0. The van der Waals surface area contributed by atoms with Crippen molar-refractivity contribution in [2.45, 2.75) is 43.9 Å². The standard InChI is InChI=1S/C14H23N3O5S2/c1-10(2)21-6-3-5-15-12(18)8-23-14-17-16-13(22-14)11-4-7-24(19,20)9-11/h10-11H,3-9H2,1-2H3,(H,15,18)/t11-/m0/s1. The van der Waals surface area contributed by atoms with Crippen molar-refractivity contribution < 1.29 is 22.4 Å². The van der Waals surface area contributed by atoms with E-state index in [-0.39, 0.29) is 40.4 Å². The maximum atomic E-state index is 11.7. The molecule has 10 heteroatoms. The average molecular weight is 377 g/mol. The topological polar surface area (TPSA) is 111 Å². The first-order valence-electron chi connectivity index (χ1n) is 7.90. The minimum Gasteiger partial charge on any atom is -0.416 e. The maximum Gasteiger partial charge on any atom is 0.277 e. The van der Waals surface area contributed by atoms with Gasteiger partial charge in [-0.3, -0.25) is 4.79 Å². The van der Waals surface area contributed by atoms with E-state index < -0.39 is 9.84 Å². The zero-order valence-corrected chi connectivity index (χ0v) is 15.5. The highest BCUT2D eigenvalue weighted by Gasteiger charge is 2.32. The number of hydrogen-bond donors (Lipinski definition) is 1. The summed E-state index contributed by atoms with van der Waals surface area (Å²) in [6.07, 6.45) is 1.46. The zero-order chi connectivity index (χ0) is 17.6. The number of sulfone groups is 1. The van der Waals surface area contributed by atoms with Crippen molar-refractivity contribution in [3.63, 3.8) is 0 Å². The van der Waals surface area contributed by atoms with E-state index in [1.807, 2.05) is 13.8 Å². The van der Waals surface area contributed by atoms with Gasteiger partial charge in [-0.1, -0.05) is 11.8 Å². The number of carbonyl (C=O) groups excluding carboxylic acids is 1. The Bertz CT molecular complexity index is 645. The monoisotopic (exact) mass is 377 g/mol. The van der Waals surface area contributed by atoms with Gasteiger partial charge in [0.15, 0.2) is 9.84 Å². The molecule has 1 aliphatic heterocycles. The number of nitrogens with zero attached hydrogens (tertiary/aromatic N) is 2. The van der Waals surface area contributed by atoms with Crippen LogP contribution in [0, 0.1) is 0 Å². The number of amides is 1. The summed E-state index contributed by atoms with van der Waals surface area (Å²) in [6, 6.07) is 0. The van der Waals surface area contributed by atoms with Crippen molar-refractivity contribution in [2.24, 2.45) is 0 Å². The Morgan fingerprint density at radius 3 is 2.92 bits per heavy atom. The maximum absolute atomic E-state index is 11.7. The van der Waals surface area contributed by atoms with Crippen LogP contribution in [0.4, 0.5) is 0 Å². The molecule has 1 amide bonds. The van der Waals surface area contributed by atoms with E-state index in [0.717, 1.165) is 18.2 Å². The molecule has 0 aliphatic carbocycles. The smallest absolute Gasteiger partial charge is 0.277 e. The molecule has 0 spiro atoms. The second kappa shape index (κ2) is 8.82. The molecular formula is C14H23N3O5S2. The number of hydrogen-bond acceptors (Lipinski definition) is 8. The Morgan fingerprint density at radius 2 is 2.25 bits per heavy atom. The van der Waals surface area contributed by atoms with Gasteiger partial charge in [0.25, 0.3) is 5.22 Å². The van der Waals surface area contributed by atoms with Gasteiger partial charge in [0, 0.05) is 13.2 Å². The lowest BCUT2D eigenvalue weighted by molar-refractivity contribution is -0.118. The molecule has 0 bridgehead atoms. The lowest BCUT2D eigenvalue weighted by Gasteiger charge is -2.07. The van der Waals surface area contributed by atoms with Gasteiger partial charge in [-0.25, -0.2) is 8.42 Å². The molecule has 1 aliphatic rings. The molecular weight excluding hydrogens is 354 g/mol. The second-order valence-electron chi connectivity index (χ2n) is 5.92. The number of thioether (sulfide) groups is 1. The molecule has 0 radical (unpaired) electrons. The van der Waals surface area contributed by atoms with Crippen LogP contribution in [0.5, 0.6) is 0 Å². The van der Waals surface area contributed by atoms with Gasteiger partial charge in [-0.05, 0) is 26.7 Å². The number of ether oxygens (including phenoxy) is 1. The van der Waals surface area contributed by atoms with E-state index in [1.165, 1.54) is 0 Å². The highest BCUT2D eigenvalue weighted by Crippen LogP contribution is 2.29. The highest BCUT2D eigenvalue weighted by atomic mass is 32.2. The van der Waals surface area contributed by atoms with E-state index in [1.54, 1.807) is 0 Å². The molecule has 1 saturated heterocycles. The van der Waals surface area contributed by atoms with E-state index in [2.05, 4.69) is 15.5 Å². The summed E-state index contributed by atoms with van der Waals surface area (Å²) < 4.78 is 33.8.